The summed E-state index contributed by atoms with van der Waals surface area (Å²) in [4.78, 5) is 7.56. The van der Waals surface area contributed by atoms with E-state index in [2.05, 4.69) is 9.97 Å². The molecule has 0 saturated carbocycles. The molecule has 0 aromatic carbocycles. The van der Waals surface area contributed by atoms with Gasteiger partial charge >= 0.3 is 0 Å². The SMILES string of the molecule is COc1nc(N)nc(C)c1C#N. The molecular formula is C7H8N4O. The number of aromatic nitrogens is 2. The fourth-order valence-corrected chi connectivity index (χ4v) is 0.844. The summed E-state index contributed by atoms with van der Waals surface area (Å²) in [6, 6.07) is 1.94. The van der Waals surface area contributed by atoms with E-state index >= 15 is 0 Å². The number of nitrogens with two attached hydrogens (primary N) is 1. The van der Waals surface area contributed by atoms with Crippen molar-refractivity contribution < 1.29 is 4.74 Å². The highest BCUT2D eigenvalue weighted by molar-refractivity contribution is 5.44. The van der Waals surface area contributed by atoms with E-state index in [0.29, 0.717) is 11.3 Å². The minimum absolute atomic E-state index is 0.114. The van der Waals surface area contributed by atoms with E-state index in [4.69, 9.17) is 15.7 Å². The van der Waals surface area contributed by atoms with Gasteiger partial charge in [0.05, 0.1) is 12.8 Å². The lowest BCUT2D eigenvalue weighted by molar-refractivity contribution is 0.395. The first-order chi connectivity index (χ1) is 5.69. The van der Waals surface area contributed by atoms with Crippen LogP contribution in [-0.2, 0) is 0 Å². The Morgan fingerprint density at radius 3 is 2.67 bits per heavy atom. The molecule has 1 aromatic rings. The minimum atomic E-state index is 0.114. The van der Waals surface area contributed by atoms with E-state index in [1.165, 1.54) is 7.11 Å². The van der Waals surface area contributed by atoms with Crippen molar-refractivity contribution in [2.24, 2.45) is 0 Å². The van der Waals surface area contributed by atoms with Crippen molar-refractivity contribution in [3.63, 3.8) is 0 Å². The Hall–Kier alpha value is -1.83. The molecule has 1 heterocycles. The third-order valence-electron chi connectivity index (χ3n) is 1.38. The Balaban J connectivity index is 3.36. The van der Waals surface area contributed by atoms with Gasteiger partial charge in [0.2, 0.25) is 11.8 Å². The van der Waals surface area contributed by atoms with Crippen LogP contribution in [0.4, 0.5) is 5.95 Å². The molecule has 0 fully saturated rings. The molecule has 0 aliphatic carbocycles. The van der Waals surface area contributed by atoms with Gasteiger partial charge in [-0.2, -0.15) is 10.2 Å². The number of nitrogens with zero attached hydrogens (tertiary/aromatic N) is 3. The smallest absolute Gasteiger partial charge is 0.236 e. The Morgan fingerprint density at radius 1 is 1.50 bits per heavy atom. The molecule has 0 aliphatic rings. The van der Waals surface area contributed by atoms with Gasteiger partial charge in [0.25, 0.3) is 0 Å². The van der Waals surface area contributed by atoms with E-state index in [9.17, 15) is 0 Å². The van der Waals surface area contributed by atoms with Gasteiger partial charge in [-0.1, -0.05) is 0 Å². The van der Waals surface area contributed by atoms with Gasteiger partial charge in [-0.15, -0.1) is 0 Å². The summed E-state index contributed by atoms with van der Waals surface area (Å²) in [6.07, 6.45) is 0. The number of hydrogen-bond acceptors (Lipinski definition) is 5. The van der Waals surface area contributed by atoms with Crippen LogP contribution >= 0.6 is 0 Å². The normalized spacial score (nSPS) is 9.08. The maximum atomic E-state index is 8.67. The second kappa shape index (κ2) is 3.05. The zero-order chi connectivity index (χ0) is 9.14. The number of ether oxygens (including phenoxy) is 1. The van der Waals surface area contributed by atoms with Crippen LogP contribution in [-0.4, -0.2) is 17.1 Å². The molecule has 0 unspecified atom stereocenters. The molecule has 0 radical (unpaired) electrons. The second-order valence-corrected chi connectivity index (χ2v) is 2.16. The number of rotatable bonds is 1. The molecule has 62 valence electrons. The lowest BCUT2D eigenvalue weighted by Crippen LogP contribution is -2.02. The molecule has 5 heteroatoms. The molecule has 0 bridgehead atoms. The Kier molecular flexibility index (Phi) is 2.10. The summed E-state index contributed by atoms with van der Waals surface area (Å²) in [5.74, 6) is 0.339. The molecule has 5 nitrogen and oxygen atoms in total. The molecule has 1 rings (SSSR count). The fourth-order valence-electron chi connectivity index (χ4n) is 0.844. The van der Waals surface area contributed by atoms with E-state index in [0.717, 1.165) is 0 Å². The van der Waals surface area contributed by atoms with E-state index in [1.807, 2.05) is 6.07 Å². The van der Waals surface area contributed by atoms with Crippen LogP contribution < -0.4 is 10.5 Å². The summed E-state index contributed by atoms with van der Waals surface area (Å²) >= 11 is 0. The topological polar surface area (TPSA) is 84.8 Å². The molecule has 0 atom stereocenters. The number of aryl methyl sites for hydroxylation is 1. The summed E-state index contributed by atoms with van der Waals surface area (Å²) in [6.45, 7) is 1.68. The zero-order valence-corrected chi connectivity index (χ0v) is 6.83. The fraction of sp³-hybridized carbons (Fsp3) is 0.286. The monoisotopic (exact) mass is 164 g/mol. The standard InChI is InChI=1S/C7H8N4O/c1-4-5(3-8)6(12-2)11-7(9)10-4/h1-2H3,(H2,9,10,11). The van der Waals surface area contributed by atoms with Crippen molar-refractivity contribution in [2.45, 2.75) is 6.92 Å². The third-order valence-corrected chi connectivity index (χ3v) is 1.38. The van der Waals surface area contributed by atoms with Crippen molar-refractivity contribution >= 4 is 5.95 Å². The van der Waals surface area contributed by atoms with Crippen LogP contribution in [0.5, 0.6) is 5.88 Å². The number of nitrogen functional groups attached to an aromatic ring is 1. The molecule has 12 heavy (non-hydrogen) atoms. The average Bonchev–Trinajstić information content (AvgIpc) is 2.03. The highest BCUT2D eigenvalue weighted by Gasteiger charge is 2.09. The summed E-state index contributed by atoms with van der Waals surface area (Å²) in [5.41, 5.74) is 6.20. The maximum absolute atomic E-state index is 8.67. The molecule has 0 spiro atoms. The second-order valence-electron chi connectivity index (χ2n) is 2.16. The van der Waals surface area contributed by atoms with E-state index in [1.54, 1.807) is 6.92 Å². The first-order valence-electron chi connectivity index (χ1n) is 3.27. The largest absolute Gasteiger partial charge is 0.480 e. The number of anilines is 1. The van der Waals surface area contributed by atoms with Crippen molar-refractivity contribution in [1.82, 2.24) is 9.97 Å². The van der Waals surface area contributed by atoms with Gasteiger partial charge in [0.1, 0.15) is 11.6 Å². The first-order valence-corrected chi connectivity index (χ1v) is 3.27. The van der Waals surface area contributed by atoms with Crippen molar-refractivity contribution in [3.05, 3.63) is 11.3 Å². The average molecular weight is 164 g/mol. The van der Waals surface area contributed by atoms with E-state index < -0.39 is 0 Å². The molecule has 0 aliphatic heterocycles. The maximum Gasteiger partial charge on any atom is 0.236 e. The van der Waals surface area contributed by atoms with Gasteiger partial charge in [-0.05, 0) is 6.92 Å². The number of nitriles is 1. The van der Waals surface area contributed by atoms with Crippen molar-refractivity contribution in [2.75, 3.05) is 12.8 Å². The zero-order valence-electron chi connectivity index (χ0n) is 6.83. The Labute approximate surface area is 69.8 Å². The molecular weight excluding hydrogens is 156 g/mol. The van der Waals surface area contributed by atoms with Gasteiger partial charge in [0, 0.05) is 0 Å². The van der Waals surface area contributed by atoms with Crippen molar-refractivity contribution in [3.8, 4) is 11.9 Å². The van der Waals surface area contributed by atoms with Crippen LogP contribution in [0.3, 0.4) is 0 Å². The van der Waals surface area contributed by atoms with Gasteiger partial charge in [-0.25, -0.2) is 4.98 Å². The number of hydrogen-bond donors (Lipinski definition) is 1. The molecule has 0 amide bonds. The van der Waals surface area contributed by atoms with Gasteiger partial charge in [0.15, 0.2) is 0 Å². The van der Waals surface area contributed by atoms with Gasteiger partial charge < -0.3 is 10.5 Å². The lowest BCUT2D eigenvalue weighted by Gasteiger charge is -2.03. The van der Waals surface area contributed by atoms with Crippen LogP contribution in [0.2, 0.25) is 0 Å². The molecule has 0 saturated heterocycles. The van der Waals surface area contributed by atoms with Crippen LogP contribution in [0.25, 0.3) is 0 Å². The molecule has 1 aromatic heterocycles. The number of methoxy groups -OCH3 is 1. The van der Waals surface area contributed by atoms with Crippen LogP contribution in [0.1, 0.15) is 11.3 Å². The van der Waals surface area contributed by atoms with Crippen molar-refractivity contribution in [1.29, 1.82) is 5.26 Å². The van der Waals surface area contributed by atoms with Crippen LogP contribution in [0.15, 0.2) is 0 Å². The molecule has 2 N–H and O–H groups in total. The minimum Gasteiger partial charge on any atom is -0.480 e. The predicted molar refractivity (Wildman–Crippen MR) is 42.4 cm³/mol. The lowest BCUT2D eigenvalue weighted by atomic mass is 10.2. The Morgan fingerprint density at radius 2 is 2.17 bits per heavy atom. The van der Waals surface area contributed by atoms with E-state index in [-0.39, 0.29) is 11.8 Å². The van der Waals surface area contributed by atoms with Gasteiger partial charge in [-0.3, -0.25) is 0 Å². The Bertz CT molecular complexity index is 342. The first kappa shape index (κ1) is 8.27. The highest BCUT2D eigenvalue weighted by atomic mass is 16.5. The summed E-state index contributed by atoms with van der Waals surface area (Å²) < 4.78 is 4.84. The third kappa shape index (κ3) is 1.27. The predicted octanol–water partition coefficient (Wildman–Crippen LogP) is 0.247. The quantitative estimate of drug-likeness (QED) is 0.642. The summed E-state index contributed by atoms with van der Waals surface area (Å²) in [7, 11) is 1.43. The highest BCUT2D eigenvalue weighted by Crippen LogP contribution is 2.17. The summed E-state index contributed by atoms with van der Waals surface area (Å²) in [5, 5.41) is 8.67. The van der Waals surface area contributed by atoms with Crippen LogP contribution in [0, 0.1) is 18.3 Å².